The molecule has 1 N–H and O–H groups in total. The number of aryl methyl sites for hydroxylation is 1. The van der Waals surface area contributed by atoms with Crippen LogP contribution in [0.2, 0.25) is 0 Å². The van der Waals surface area contributed by atoms with Crippen LogP contribution in [0.15, 0.2) is 18.2 Å². The van der Waals surface area contributed by atoms with Crippen LogP contribution in [0.25, 0.3) is 0 Å². The molecule has 21 heavy (non-hydrogen) atoms. The van der Waals surface area contributed by atoms with Crippen LogP contribution in [-0.2, 0) is 9.53 Å². The van der Waals surface area contributed by atoms with Gasteiger partial charge in [-0.15, -0.1) is 0 Å². The Bertz CT molecular complexity index is 533. The maximum absolute atomic E-state index is 12.4. The van der Waals surface area contributed by atoms with Crippen LogP contribution < -0.4 is 0 Å². The number of phenolic OH excluding ortho intramolecular Hbond substituents is 1. The van der Waals surface area contributed by atoms with E-state index in [0.717, 1.165) is 0 Å². The van der Waals surface area contributed by atoms with Crippen molar-refractivity contribution in [3.8, 4) is 5.75 Å². The molecule has 0 aliphatic carbocycles. The van der Waals surface area contributed by atoms with Crippen molar-refractivity contribution < 1.29 is 19.4 Å². The highest BCUT2D eigenvalue weighted by molar-refractivity contribution is 5.97. The molecule has 1 aromatic rings. The minimum absolute atomic E-state index is 0.0371. The molecular weight excluding hydrogens is 270 g/mol. The summed E-state index contributed by atoms with van der Waals surface area (Å²) in [5, 5.41) is 9.99. The third-order valence-electron chi connectivity index (χ3n) is 3.87. The molecule has 0 spiro atoms. The zero-order valence-corrected chi connectivity index (χ0v) is 12.5. The van der Waals surface area contributed by atoms with Gasteiger partial charge in [0.1, 0.15) is 5.75 Å². The second kappa shape index (κ2) is 6.61. The van der Waals surface area contributed by atoms with Gasteiger partial charge in [-0.1, -0.05) is 12.1 Å². The van der Waals surface area contributed by atoms with Gasteiger partial charge in [0.25, 0.3) is 5.91 Å². The van der Waals surface area contributed by atoms with E-state index in [9.17, 15) is 14.7 Å². The van der Waals surface area contributed by atoms with E-state index in [1.165, 1.54) is 0 Å². The van der Waals surface area contributed by atoms with Crippen molar-refractivity contribution in [1.29, 1.82) is 0 Å². The van der Waals surface area contributed by atoms with Crippen molar-refractivity contribution in [2.24, 2.45) is 5.92 Å². The smallest absolute Gasteiger partial charge is 0.309 e. The first kappa shape index (κ1) is 15.4. The van der Waals surface area contributed by atoms with E-state index in [4.69, 9.17) is 4.74 Å². The molecule has 1 aliphatic rings. The minimum Gasteiger partial charge on any atom is -0.507 e. The fourth-order valence-electron chi connectivity index (χ4n) is 2.58. The van der Waals surface area contributed by atoms with Gasteiger partial charge in [0.05, 0.1) is 18.1 Å². The third-order valence-corrected chi connectivity index (χ3v) is 3.87. The molecule has 114 valence electrons. The lowest BCUT2D eigenvalue weighted by Gasteiger charge is -2.31. The number of nitrogens with zero attached hydrogens (tertiary/aromatic N) is 1. The highest BCUT2D eigenvalue weighted by Gasteiger charge is 2.29. The van der Waals surface area contributed by atoms with Crippen molar-refractivity contribution in [3.05, 3.63) is 29.3 Å². The zero-order chi connectivity index (χ0) is 15.4. The third kappa shape index (κ3) is 3.35. The molecule has 0 atom stereocenters. The lowest BCUT2D eigenvalue weighted by atomic mass is 9.96. The number of hydrogen-bond acceptors (Lipinski definition) is 4. The average molecular weight is 291 g/mol. The summed E-state index contributed by atoms with van der Waals surface area (Å²) in [5.74, 6) is -0.448. The first-order valence-electron chi connectivity index (χ1n) is 7.29. The standard InChI is InChI=1S/C16H21NO4/c1-3-21-16(20)12-7-9-17(10-8-12)15(19)13-6-4-5-11(2)14(13)18/h4-6,12,18H,3,7-10H2,1-2H3. The van der Waals surface area contributed by atoms with Gasteiger partial charge in [-0.3, -0.25) is 9.59 Å². The number of hydrogen-bond donors (Lipinski definition) is 1. The Morgan fingerprint density at radius 1 is 1.33 bits per heavy atom. The quantitative estimate of drug-likeness (QED) is 0.866. The second-order valence-electron chi connectivity index (χ2n) is 5.29. The predicted molar refractivity (Wildman–Crippen MR) is 78.1 cm³/mol. The van der Waals surface area contributed by atoms with Gasteiger partial charge in [0.2, 0.25) is 0 Å². The molecule has 5 nitrogen and oxygen atoms in total. The fraction of sp³-hybridized carbons (Fsp3) is 0.500. The van der Waals surface area contributed by atoms with E-state index in [2.05, 4.69) is 0 Å². The van der Waals surface area contributed by atoms with Crippen LogP contribution in [0.3, 0.4) is 0 Å². The van der Waals surface area contributed by atoms with E-state index in [0.29, 0.717) is 43.7 Å². The molecule has 1 amide bonds. The van der Waals surface area contributed by atoms with Crippen LogP contribution in [0.4, 0.5) is 0 Å². The van der Waals surface area contributed by atoms with Crippen molar-refractivity contribution in [3.63, 3.8) is 0 Å². The molecule has 1 heterocycles. The van der Waals surface area contributed by atoms with Gasteiger partial charge in [0.15, 0.2) is 0 Å². The molecule has 1 fully saturated rings. The van der Waals surface area contributed by atoms with Gasteiger partial charge in [-0.2, -0.15) is 0 Å². The van der Waals surface area contributed by atoms with Gasteiger partial charge in [0, 0.05) is 13.1 Å². The molecule has 0 unspecified atom stereocenters. The maximum Gasteiger partial charge on any atom is 0.309 e. The van der Waals surface area contributed by atoms with Gasteiger partial charge >= 0.3 is 5.97 Å². The van der Waals surface area contributed by atoms with E-state index in [1.807, 2.05) is 0 Å². The number of para-hydroxylation sites is 1. The SMILES string of the molecule is CCOC(=O)C1CCN(C(=O)c2cccc(C)c2O)CC1. The number of amides is 1. The number of aromatic hydroxyl groups is 1. The van der Waals surface area contributed by atoms with Gasteiger partial charge < -0.3 is 14.7 Å². The number of ether oxygens (including phenoxy) is 1. The Hall–Kier alpha value is -2.04. The Balaban J connectivity index is 2.00. The van der Waals surface area contributed by atoms with Crippen LogP contribution in [0.5, 0.6) is 5.75 Å². The van der Waals surface area contributed by atoms with Crippen molar-refractivity contribution in [1.82, 2.24) is 4.90 Å². The Morgan fingerprint density at radius 2 is 2.00 bits per heavy atom. The largest absolute Gasteiger partial charge is 0.507 e. The number of benzene rings is 1. The first-order valence-corrected chi connectivity index (χ1v) is 7.29. The minimum atomic E-state index is -0.182. The number of phenols is 1. The fourth-order valence-corrected chi connectivity index (χ4v) is 2.58. The van der Waals surface area contributed by atoms with E-state index in [-0.39, 0.29) is 23.5 Å². The number of piperidine rings is 1. The second-order valence-corrected chi connectivity index (χ2v) is 5.29. The number of carbonyl (C=O) groups is 2. The summed E-state index contributed by atoms with van der Waals surface area (Å²) in [4.78, 5) is 25.8. The molecule has 0 bridgehead atoms. The molecule has 5 heteroatoms. The predicted octanol–water partition coefficient (Wildman–Crippen LogP) is 2.12. The number of carbonyl (C=O) groups excluding carboxylic acids is 2. The highest BCUT2D eigenvalue weighted by atomic mass is 16.5. The summed E-state index contributed by atoms with van der Waals surface area (Å²) in [5.41, 5.74) is 1.01. The number of rotatable bonds is 3. The van der Waals surface area contributed by atoms with Gasteiger partial charge in [-0.05, 0) is 38.3 Å². The molecular formula is C16H21NO4. The van der Waals surface area contributed by atoms with Crippen LogP contribution in [0.1, 0.15) is 35.7 Å². The number of esters is 1. The Morgan fingerprint density at radius 3 is 2.62 bits per heavy atom. The number of likely N-dealkylation sites (tertiary alicyclic amines) is 1. The van der Waals surface area contributed by atoms with Crippen molar-refractivity contribution in [2.75, 3.05) is 19.7 Å². The monoisotopic (exact) mass is 291 g/mol. The van der Waals surface area contributed by atoms with E-state index < -0.39 is 0 Å². The van der Waals surface area contributed by atoms with E-state index >= 15 is 0 Å². The maximum atomic E-state index is 12.4. The summed E-state index contributed by atoms with van der Waals surface area (Å²) in [6.07, 6.45) is 1.22. The van der Waals surface area contributed by atoms with Crippen LogP contribution in [0, 0.1) is 12.8 Å². The highest BCUT2D eigenvalue weighted by Crippen LogP contribution is 2.25. The summed E-state index contributed by atoms with van der Waals surface area (Å²) in [6.45, 7) is 4.96. The summed E-state index contributed by atoms with van der Waals surface area (Å²) in [6, 6.07) is 5.15. The molecule has 1 aliphatic heterocycles. The molecule has 0 radical (unpaired) electrons. The van der Waals surface area contributed by atoms with Gasteiger partial charge in [-0.25, -0.2) is 0 Å². The Labute approximate surface area is 124 Å². The van der Waals surface area contributed by atoms with E-state index in [1.54, 1.807) is 36.9 Å². The lowest BCUT2D eigenvalue weighted by Crippen LogP contribution is -2.40. The first-order chi connectivity index (χ1) is 10.0. The molecule has 2 rings (SSSR count). The topological polar surface area (TPSA) is 66.8 Å². The zero-order valence-electron chi connectivity index (χ0n) is 12.5. The normalized spacial score (nSPS) is 15.8. The van der Waals surface area contributed by atoms with Crippen LogP contribution >= 0.6 is 0 Å². The molecule has 0 saturated carbocycles. The molecule has 1 aromatic carbocycles. The summed E-state index contributed by atoms with van der Waals surface area (Å²) < 4.78 is 5.01. The van der Waals surface area contributed by atoms with Crippen molar-refractivity contribution >= 4 is 11.9 Å². The summed E-state index contributed by atoms with van der Waals surface area (Å²) in [7, 11) is 0. The Kier molecular flexibility index (Phi) is 4.83. The van der Waals surface area contributed by atoms with Crippen molar-refractivity contribution in [2.45, 2.75) is 26.7 Å². The average Bonchev–Trinajstić information content (AvgIpc) is 2.50. The van der Waals surface area contributed by atoms with Crippen LogP contribution in [-0.4, -0.2) is 41.6 Å². The lowest BCUT2D eigenvalue weighted by molar-refractivity contribution is -0.149. The molecule has 1 saturated heterocycles. The summed E-state index contributed by atoms with van der Waals surface area (Å²) >= 11 is 0. The molecule has 0 aromatic heterocycles.